The van der Waals surface area contributed by atoms with E-state index in [0.717, 1.165) is 37.7 Å². The Morgan fingerprint density at radius 1 is 1.18 bits per heavy atom. The molecular formula is C21H27N5O2. The molecule has 2 heterocycles. The molecule has 7 nitrogen and oxygen atoms in total. The lowest BCUT2D eigenvalue weighted by Gasteiger charge is -2.42. The lowest BCUT2D eigenvalue weighted by Crippen LogP contribution is -2.60. The van der Waals surface area contributed by atoms with Crippen LogP contribution in [0.15, 0.2) is 36.5 Å². The number of nitrogens with one attached hydrogen (secondary N) is 1. The first kappa shape index (κ1) is 18.7. The molecule has 1 aliphatic carbocycles. The normalized spacial score (nSPS) is 19.1. The van der Waals surface area contributed by atoms with E-state index in [1.807, 2.05) is 46.8 Å². The van der Waals surface area contributed by atoms with Gasteiger partial charge in [-0.1, -0.05) is 18.2 Å². The first-order valence-corrected chi connectivity index (χ1v) is 9.97. The third-order valence-corrected chi connectivity index (χ3v) is 6.07. The maximum absolute atomic E-state index is 12.6. The lowest BCUT2D eigenvalue weighted by atomic mass is 9.76. The number of benzene rings is 1. The largest absolute Gasteiger partial charge is 0.341 e. The molecule has 0 unspecified atom stereocenters. The number of hydrogen-bond donors (Lipinski definition) is 2. The predicted octanol–water partition coefficient (Wildman–Crippen LogP) is 2.49. The number of likely N-dealkylation sites (tertiary alicyclic amines) is 1. The minimum Gasteiger partial charge on any atom is -0.341 e. The molecule has 3 N–H and O–H groups in total. The zero-order valence-corrected chi connectivity index (χ0v) is 16.2. The highest BCUT2D eigenvalue weighted by molar-refractivity contribution is 6.04. The summed E-state index contributed by atoms with van der Waals surface area (Å²) < 4.78 is 1.87. The summed E-state index contributed by atoms with van der Waals surface area (Å²) in [6.45, 7) is 3.27. The Morgan fingerprint density at radius 3 is 2.54 bits per heavy atom. The zero-order valence-electron chi connectivity index (χ0n) is 16.2. The van der Waals surface area contributed by atoms with Crippen LogP contribution in [-0.4, -0.2) is 45.1 Å². The average Bonchev–Trinajstić information content (AvgIpc) is 3.14. The van der Waals surface area contributed by atoms with Crippen molar-refractivity contribution in [3.63, 3.8) is 0 Å². The molecule has 0 bridgehead atoms. The molecule has 1 aromatic heterocycles. The molecule has 0 atom stereocenters. The van der Waals surface area contributed by atoms with Gasteiger partial charge in [-0.25, -0.2) is 4.68 Å². The number of nitrogens with two attached hydrogens (primary N) is 1. The number of aromatic nitrogens is 2. The summed E-state index contributed by atoms with van der Waals surface area (Å²) in [5.74, 6) is 0.639. The van der Waals surface area contributed by atoms with Crippen molar-refractivity contribution in [1.29, 1.82) is 0 Å². The van der Waals surface area contributed by atoms with Crippen molar-refractivity contribution < 1.29 is 9.59 Å². The van der Waals surface area contributed by atoms with Gasteiger partial charge in [0.25, 0.3) is 5.91 Å². The monoisotopic (exact) mass is 381 g/mol. The lowest BCUT2D eigenvalue weighted by molar-refractivity contribution is -0.141. The molecule has 1 aliphatic heterocycles. The van der Waals surface area contributed by atoms with Gasteiger partial charge in [0.2, 0.25) is 5.91 Å². The molecule has 148 valence electrons. The summed E-state index contributed by atoms with van der Waals surface area (Å²) in [5, 5.41) is 7.41. The van der Waals surface area contributed by atoms with Crippen LogP contribution in [0.2, 0.25) is 0 Å². The quantitative estimate of drug-likeness (QED) is 0.851. The summed E-state index contributed by atoms with van der Waals surface area (Å²) in [6, 6.07) is 9.49. The van der Waals surface area contributed by atoms with Crippen LogP contribution in [0.1, 0.15) is 54.1 Å². The van der Waals surface area contributed by atoms with Crippen LogP contribution in [-0.2, 0) is 4.79 Å². The van der Waals surface area contributed by atoms with Gasteiger partial charge < -0.3 is 16.0 Å². The highest BCUT2D eigenvalue weighted by atomic mass is 16.2. The fourth-order valence-electron chi connectivity index (χ4n) is 4.12. The van der Waals surface area contributed by atoms with E-state index >= 15 is 0 Å². The molecular weight excluding hydrogens is 354 g/mol. The van der Waals surface area contributed by atoms with Crippen molar-refractivity contribution in [3.8, 4) is 0 Å². The Bertz CT molecular complexity index is 878. The second-order valence-corrected chi connectivity index (χ2v) is 7.96. The van der Waals surface area contributed by atoms with Crippen LogP contribution < -0.4 is 11.1 Å². The Kier molecular flexibility index (Phi) is 4.93. The number of carbonyl (C=O) groups excluding carboxylic acids is 2. The van der Waals surface area contributed by atoms with Gasteiger partial charge in [0, 0.05) is 24.7 Å². The number of nitrogens with zero attached hydrogens (tertiary/aromatic N) is 3. The van der Waals surface area contributed by atoms with Gasteiger partial charge in [0.1, 0.15) is 5.82 Å². The Hall–Kier alpha value is -2.67. The number of anilines is 1. The van der Waals surface area contributed by atoms with Crippen molar-refractivity contribution in [3.05, 3.63) is 47.7 Å². The smallest absolute Gasteiger partial charge is 0.257 e. The number of amides is 2. The third kappa shape index (κ3) is 3.42. The van der Waals surface area contributed by atoms with E-state index in [1.165, 1.54) is 0 Å². The zero-order chi connectivity index (χ0) is 19.7. The van der Waals surface area contributed by atoms with Crippen LogP contribution in [0.5, 0.6) is 0 Å². The topological polar surface area (TPSA) is 93.2 Å². The second-order valence-electron chi connectivity index (χ2n) is 7.96. The Morgan fingerprint density at radius 2 is 1.89 bits per heavy atom. The van der Waals surface area contributed by atoms with Crippen molar-refractivity contribution in [2.75, 3.05) is 18.4 Å². The molecule has 2 fully saturated rings. The Balaban J connectivity index is 1.40. The summed E-state index contributed by atoms with van der Waals surface area (Å²) in [7, 11) is 0. The molecule has 1 aromatic carbocycles. The van der Waals surface area contributed by atoms with Gasteiger partial charge in [0.05, 0.1) is 17.8 Å². The molecule has 2 aromatic rings. The van der Waals surface area contributed by atoms with Crippen molar-refractivity contribution in [2.24, 2.45) is 5.73 Å². The average molecular weight is 381 g/mol. The van der Waals surface area contributed by atoms with E-state index in [4.69, 9.17) is 5.73 Å². The van der Waals surface area contributed by atoms with Gasteiger partial charge in [0.15, 0.2) is 0 Å². The maximum atomic E-state index is 12.6. The third-order valence-electron chi connectivity index (χ3n) is 6.07. The fourth-order valence-corrected chi connectivity index (χ4v) is 4.12. The predicted molar refractivity (Wildman–Crippen MR) is 107 cm³/mol. The number of carbonyl (C=O) groups is 2. The molecule has 1 saturated carbocycles. The SMILES string of the molecule is Cc1ccccc1C(=O)Nc1ccnn1C1CCN(C(=O)C2(N)CCC2)CC1. The van der Waals surface area contributed by atoms with E-state index in [2.05, 4.69) is 10.4 Å². The maximum Gasteiger partial charge on any atom is 0.257 e. The Labute approximate surface area is 164 Å². The van der Waals surface area contributed by atoms with E-state index in [9.17, 15) is 9.59 Å². The van der Waals surface area contributed by atoms with Gasteiger partial charge in [-0.15, -0.1) is 0 Å². The molecule has 0 radical (unpaired) electrons. The minimum atomic E-state index is -0.634. The molecule has 28 heavy (non-hydrogen) atoms. The van der Waals surface area contributed by atoms with Crippen LogP contribution in [0, 0.1) is 6.92 Å². The fraction of sp³-hybridized carbons (Fsp3) is 0.476. The highest BCUT2D eigenvalue weighted by Gasteiger charge is 2.43. The van der Waals surface area contributed by atoms with Gasteiger partial charge >= 0.3 is 0 Å². The van der Waals surface area contributed by atoms with E-state index in [-0.39, 0.29) is 17.9 Å². The number of aryl methyl sites for hydroxylation is 1. The van der Waals surface area contributed by atoms with E-state index in [0.29, 0.717) is 24.5 Å². The molecule has 0 spiro atoms. The first-order chi connectivity index (χ1) is 13.5. The van der Waals surface area contributed by atoms with Crippen molar-refractivity contribution >= 4 is 17.6 Å². The highest BCUT2D eigenvalue weighted by Crippen LogP contribution is 2.33. The van der Waals surface area contributed by atoms with Crippen LogP contribution in [0.3, 0.4) is 0 Å². The summed E-state index contributed by atoms with van der Waals surface area (Å²) in [4.78, 5) is 27.2. The molecule has 2 aliphatic rings. The molecule has 7 heteroatoms. The summed E-state index contributed by atoms with van der Waals surface area (Å²) in [6.07, 6.45) is 5.93. The van der Waals surface area contributed by atoms with Gasteiger partial charge in [-0.2, -0.15) is 5.10 Å². The van der Waals surface area contributed by atoms with Crippen LogP contribution in [0.4, 0.5) is 5.82 Å². The number of rotatable bonds is 4. The van der Waals surface area contributed by atoms with E-state index in [1.54, 1.807) is 6.20 Å². The number of hydrogen-bond acceptors (Lipinski definition) is 4. The standard InChI is InChI=1S/C21H27N5O2/c1-15-5-2-3-6-17(15)19(27)24-18-7-12-23-26(18)16-8-13-25(14-9-16)20(28)21(22)10-4-11-21/h2-3,5-7,12,16H,4,8-11,13-14,22H2,1H3,(H,24,27). The van der Waals surface area contributed by atoms with E-state index < -0.39 is 5.54 Å². The summed E-state index contributed by atoms with van der Waals surface area (Å²) >= 11 is 0. The van der Waals surface area contributed by atoms with Gasteiger partial charge in [-0.3, -0.25) is 9.59 Å². The molecule has 4 rings (SSSR count). The van der Waals surface area contributed by atoms with Crippen molar-refractivity contribution in [2.45, 2.75) is 50.6 Å². The van der Waals surface area contributed by atoms with Gasteiger partial charge in [-0.05, 0) is 50.7 Å². The van der Waals surface area contributed by atoms with Crippen molar-refractivity contribution in [1.82, 2.24) is 14.7 Å². The first-order valence-electron chi connectivity index (χ1n) is 9.97. The number of piperidine rings is 1. The summed E-state index contributed by atoms with van der Waals surface area (Å²) in [5.41, 5.74) is 7.15. The van der Waals surface area contributed by atoms with Crippen LogP contribution >= 0.6 is 0 Å². The minimum absolute atomic E-state index is 0.0887. The molecule has 2 amide bonds. The van der Waals surface area contributed by atoms with Crippen LogP contribution in [0.25, 0.3) is 0 Å². The second kappa shape index (κ2) is 7.39. The molecule has 1 saturated heterocycles.